The van der Waals surface area contributed by atoms with Gasteiger partial charge >= 0.3 is 0 Å². The topological polar surface area (TPSA) is 113 Å². The van der Waals surface area contributed by atoms with Crippen LogP contribution in [0.25, 0.3) is 0 Å². The lowest BCUT2D eigenvalue weighted by molar-refractivity contribution is -0.304. The maximum atomic E-state index is 9.68. The minimum absolute atomic E-state index is 0.0513. The molecule has 0 bridgehead atoms. The smallest absolute Gasteiger partial charge is 0.187 e. The molecule has 1 aliphatic rings. The van der Waals surface area contributed by atoms with Crippen LogP contribution >= 0.6 is 0 Å². The molecule has 1 fully saturated rings. The summed E-state index contributed by atoms with van der Waals surface area (Å²) in [5.74, 6) is 0.534. The Bertz CT molecular complexity index is 350. The maximum Gasteiger partial charge on any atom is 0.187 e. The Labute approximate surface area is 103 Å². The molecule has 0 saturated carbocycles. The first-order valence-corrected chi connectivity index (χ1v) is 5.58. The van der Waals surface area contributed by atoms with Crippen LogP contribution in [0.1, 0.15) is 5.76 Å². The van der Waals surface area contributed by atoms with Gasteiger partial charge in [0.15, 0.2) is 6.29 Å². The summed E-state index contributed by atoms with van der Waals surface area (Å²) in [6, 6.07) is 3.37. The molecule has 2 rings (SSSR count). The lowest BCUT2D eigenvalue weighted by atomic mass is 9.99. The van der Waals surface area contributed by atoms with Gasteiger partial charge in [0.2, 0.25) is 0 Å². The van der Waals surface area contributed by atoms with Gasteiger partial charge in [0.25, 0.3) is 0 Å². The molecule has 0 spiro atoms. The van der Waals surface area contributed by atoms with Crippen molar-refractivity contribution in [3.8, 4) is 0 Å². The van der Waals surface area contributed by atoms with Crippen molar-refractivity contribution in [1.82, 2.24) is 0 Å². The average Bonchev–Trinajstić information content (AvgIpc) is 2.88. The van der Waals surface area contributed by atoms with E-state index in [0.717, 1.165) is 0 Å². The molecule has 7 heteroatoms. The molecular formula is C11H16O7. The predicted octanol–water partition coefficient (Wildman–Crippen LogP) is -1.40. The molecule has 1 aliphatic heterocycles. The Morgan fingerprint density at radius 3 is 2.56 bits per heavy atom. The highest BCUT2D eigenvalue weighted by Gasteiger charge is 2.44. The van der Waals surface area contributed by atoms with Crippen molar-refractivity contribution >= 4 is 0 Å². The van der Waals surface area contributed by atoms with Crippen LogP contribution in [0.5, 0.6) is 0 Å². The summed E-state index contributed by atoms with van der Waals surface area (Å²) in [5, 5.41) is 37.8. The van der Waals surface area contributed by atoms with E-state index in [-0.39, 0.29) is 6.61 Å². The van der Waals surface area contributed by atoms with E-state index >= 15 is 0 Å². The zero-order chi connectivity index (χ0) is 13.1. The molecular weight excluding hydrogens is 244 g/mol. The summed E-state index contributed by atoms with van der Waals surface area (Å²) < 4.78 is 15.4. The molecule has 0 radical (unpaired) electrons. The van der Waals surface area contributed by atoms with Crippen LogP contribution in [0.4, 0.5) is 0 Å². The first-order valence-electron chi connectivity index (χ1n) is 5.58. The monoisotopic (exact) mass is 260 g/mol. The summed E-state index contributed by atoms with van der Waals surface area (Å²) in [5.41, 5.74) is 0. The zero-order valence-corrected chi connectivity index (χ0v) is 9.55. The maximum absolute atomic E-state index is 9.68. The van der Waals surface area contributed by atoms with Crippen LogP contribution in [0.15, 0.2) is 22.8 Å². The van der Waals surface area contributed by atoms with Crippen LogP contribution in [-0.4, -0.2) is 57.7 Å². The molecule has 0 amide bonds. The van der Waals surface area contributed by atoms with Gasteiger partial charge in [-0.05, 0) is 12.1 Å². The molecule has 7 nitrogen and oxygen atoms in total. The number of aliphatic hydroxyl groups excluding tert-OH is 4. The van der Waals surface area contributed by atoms with Gasteiger partial charge in [0, 0.05) is 0 Å². The van der Waals surface area contributed by atoms with Crippen molar-refractivity contribution in [2.24, 2.45) is 0 Å². The van der Waals surface area contributed by atoms with Crippen molar-refractivity contribution in [2.75, 3.05) is 6.61 Å². The van der Waals surface area contributed by atoms with Crippen LogP contribution in [0.2, 0.25) is 0 Å². The van der Waals surface area contributed by atoms with E-state index in [1.54, 1.807) is 12.1 Å². The van der Waals surface area contributed by atoms with E-state index < -0.39 is 37.3 Å². The predicted molar refractivity (Wildman–Crippen MR) is 57.3 cm³/mol. The van der Waals surface area contributed by atoms with Crippen molar-refractivity contribution in [1.29, 1.82) is 0 Å². The number of furan rings is 1. The first-order chi connectivity index (χ1) is 8.63. The Hall–Kier alpha value is -0.960. The highest BCUT2D eigenvalue weighted by molar-refractivity contribution is 4.96. The Balaban J connectivity index is 1.94. The summed E-state index contributed by atoms with van der Waals surface area (Å²) in [6.45, 7) is -0.429. The van der Waals surface area contributed by atoms with Crippen molar-refractivity contribution < 1.29 is 34.3 Å². The summed E-state index contributed by atoms with van der Waals surface area (Å²) in [6.07, 6.45) is -4.83. The second-order valence-corrected chi connectivity index (χ2v) is 4.09. The highest BCUT2D eigenvalue weighted by atomic mass is 16.7. The van der Waals surface area contributed by atoms with E-state index in [2.05, 4.69) is 0 Å². The molecule has 5 atom stereocenters. The lowest BCUT2D eigenvalue weighted by Crippen LogP contribution is -2.59. The number of ether oxygens (including phenoxy) is 2. The van der Waals surface area contributed by atoms with E-state index in [1.165, 1.54) is 6.26 Å². The third-order valence-electron chi connectivity index (χ3n) is 2.82. The molecule has 1 saturated heterocycles. The minimum atomic E-state index is -1.43. The van der Waals surface area contributed by atoms with Gasteiger partial charge in [0.1, 0.15) is 36.8 Å². The van der Waals surface area contributed by atoms with E-state index in [9.17, 15) is 15.3 Å². The highest BCUT2D eigenvalue weighted by Crippen LogP contribution is 2.22. The molecule has 2 heterocycles. The quantitative estimate of drug-likeness (QED) is 0.526. The molecule has 0 aromatic carbocycles. The molecule has 1 aromatic heterocycles. The summed E-state index contributed by atoms with van der Waals surface area (Å²) in [4.78, 5) is 0. The third kappa shape index (κ3) is 2.72. The molecule has 0 unspecified atom stereocenters. The van der Waals surface area contributed by atoms with Gasteiger partial charge in [-0.3, -0.25) is 0 Å². The van der Waals surface area contributed by atoms with Crippen LogP contribution < -0.4 is 0 Å². The minimum Gasteiger partial charge on any atom is -0.467 e. The summed E-state index contributed by atoms with van der Waals surface area (Å²) in [7, 11) is 0. The fourth-order valence-corrected chi connectivity index (χ4v) is 1.76. The summed E-state index contributed by atoms with van der Waals surface area (Å²) >= 11 is 0. The number of rotatable bonds is 4. The van der Waals surface area contributed by atoms with Crippen molar-refractivity contribution in [3.05, 3.63) is 24.2 Å². The molecule has 18 heavy (non-hydrogen) atoms. The van der Waals surface area contributed by atoms with Gasteiger partial charge in [-0.25, -0.2) is 0 Å². The van der Waals surface area contributed by atoms with Gasteiger partial charge in [-0.2, -0.15) is 0 Å². The van der Waals surface area contributed by atoms with E-state index in [4.69, 9.17) is 19.0 Å². The Morgan fingerprint density at radius 2 is 1.94 bits per heavy atom. The fourth-order valence-electron chi connectivity index (χ4n) is 1.76. The van der Waals surface area contributed by atoms with Crippen LogP contribution in [-0.2, 0) is 16.1 Å². The third-order valence-corrected chi connectivity index (χ3v) is 2.82. The molecule has 102 valence electrons. The lowest BCUT2D eigenvalue weighted by Gasteiger charge is -2.39. The average molecular weight is 260 g/mol. The van der Waals surface area contributed by atoms with Gasteiger partial charge in [-0.1, -0.05) is 0 Å². The van der Waals surface area contributed by atoms with Crippen molar-refractivity contribution in [3.63, 3.8) is 0 Å². The second-order valence-electron chi connectivity index (χ2n) is 4.09. The van der Waals surface area contributed by atoms with E-state index in [0.29, 0.717) is 5.76 Å². The van der Waals surface area contributed by atoms with E-state index in [1.807, 2.05) is 0 Å². The number of hydrogen-bond donors (Lipinski definition) is 4. The fraction of sp³-hybridized carbons (Fsp3) is 0.636. The molecule has 0 aliphatic carbocycles. The molecule has 4 N–H and O–H groups in total. The zero-order valence-electron chi connectivity index (χ0n) is 9.55. The van der Waals surface area contributed by atoms with Crippen LogP contribution in [0, 0.1) is 0 Å². The standard InChI is InChI=1S/C11H16O7/c12-4-7-8(13)9(14)10(15)11(18-7)17-5-6-2-1-3-16-6/h1-3,7-15H,4-5H2/t7-,8-,9+,10+,11-/m1/s1. The van der Waals surface area contributed by atoms with Crippen molar-refractivity contribution in [2.45, 2.75) is 37.3 Å². The SMILES string of the molecule is OC[C@H]1O[C@@H](OCc2ccco2)[C@@H](O)[C@@H](O)[C@@H]1O. The van der Waals surface area contributed by atoms with Gasteiger partial charge in [0.05, 0.1) is 12.9 Å². The normalized spacial score (nSPS) is 36.8. The number of hydrogen-bond acceptors (Lipinski definition) is 7. The van der Waals surface area contributed by atoms with Gasteiger partial charge in [-0.15, -0.1) is 0 Å². The molecule has 1 aromatic rings. The second kappa shape index (κ2) is 5.79. The Morgan fingerprint density at radius 1 is 1.17 bits per heavy atom. The van der Waals surface area contributed by atoms with Crippen LogP contribution in [0.3, 0.4) is 0 Å². The Kier molecular flexibility index (Phi) is 4.33. The van der Waals surface area contributed by atoms with Gasteiger partial charge < -0.3 is 34.3 Å². The first kappa shape index (κ1) is 13.5. The largest absolute Gasteiger partial charge is 0.467 e. The number of aliphatic hydroxyl groups is 4.